The highest BCUT2D eigenvalue weighted by Gasteiger charge is 2.49. The van der Waals surface area contributed by atoms with E-state index in [2.05, 4.69) is 0 Å². The number of rotatable bonds is 1. The van der Waals surface area contributed by atoms with Gasteiger partial charge in [0.2, 0.25) is 0 Å². The van der Waals surface area contributed by atoms with Gasteiger partial charge in [0.1, 0.15) is 0 Å². The molecule has 0 saturated heterocycles. The highest BCUT2D eigenvalue weighted by Crippen LogP contribution is 2.36. The maximum Gasteiger partial charge on any atom is 0.338 e. The van der Waals surface area contributed by atoms with Crippen molar-refractivity contribution in [2.75, 3.05) is 0 Å². The molecule has 0 radical (unpaired) electrons. The van der Waals surface area contributed by atoms with E-state index in [0.29, 0.717) is 6.42 Å². The molecule has 0 bridgehead atoms. The Labute approximate surface area is 77.2 Å². The summed E-state index contributed by atoms with van der Waals surface area (Å²) in [6.45, 7) is 3.85. The summed E-state index contributed by atoms with van der Waals surface area (Å²) in [6, 6.07) is 0. The van der Waals surface area contributed by atoms with Crippen LogP contribution >= 0.6 is 0 Å². The predicted octanol–water partition coefficient (Wildman–Crippen LogP) is 0.229. The maximum atomic E-state index is 10.7. The molecule has 0 spiro atoms. The van der Waals surface area contributed by atoms with E-state index < -0.39 is 17.7 Å². The summed E-state index contributed by atoms with van der Waals surface area (Å²) in [7, 11) is 0. The largest absolute Gasteiger partial charge is 0.479 e. The number of carboxylic acid groups (broad SMARTS) is 1. The van der Waals surface area contributed by atoms with Crippen molar-refractivity contribution in [3.8, 4) is 0 Å². The molecule has 4 atom stereocenters. The number of hydrogen-bond donors (Lipinski definition) is 3. The average molecular weight is 188 g/mol. The Bertz CT molecular complexity index is 216. The Morgan fingerprint density at radius 1 is 1.38 bits per heavy atom. The van der Waals surface area contributed by atoms with Gasteiger partial charge in [-0.05, 0) is 24.7 Å². The number of aliphatic hydroxyl groups excluding tert-OH is 1. The molecule has 76 valence electrons. The second kappa shape index (κ2) is 3.27. The lowest BCUT2D eigenvalue weighted by atomic mass is 9.71. The van der Waals surface area contributed by atoms with Crippen molar-refractivity contribution in [1.82, 2.24) is 0 Å². The summed E-state index contributed by atoms with van der Waals surface area (Å²) in [5, 5.41) is 27.9. The van der Waals surface area contributed by atoms with Gasteiger partial charge in [-0.15, -0.1) is 0 Å². The highest BCUT2D eigenvalue weighted by molar-refractivity contribution is 5.78. The van der Waals surface area contributed by atoms with Crippen molar-refractivity contribution in [3.63, 3.8) is 0 Å². The van der Waals surface area contributed by atoms with Gasteiger partial charge in [-0.25, -0.2) is 4.79 Å². The molecule has 0 heterocycles. The number of aliphatic hydroxyl groups is 2. The fourth-order valence-electron chi connectivity index (χ4n) is 1.84. The number of carboxylic acids is 1. The molecule has 3 N–H and O–H groups in total. The molecule has 0 aromatic heterocycles. The zero-order valence-corrected chi connectivity index (χ0v) is 7.90. The summed E-state index contributed by atoms with van der Waals surface area (Å²) >= 11 is 0. The van der Waals surface area contributed by atoms with Crippen molar-refractivity contribution in [2.45, 2.75) is 38.4 Å². The molecule has 4 nitrogen and oxygen atoms in total. The molecule has 0 amide bonds. The lowest BCUT2D eigenvalue weighted by Gasteiger charge is -2.39. The van der Waals surface area contributed by atoms with Crippen LogP contribution in [0.5, 0.6) is 0 Å². The first-order valence-electron chi connectivity index (χ1n) is 4.51. The minimum atomic E-state index is -1.94. The first-order valence-corrected chi connectivity index (χ1v) is 4.51. The van der Waals surface area contributed by atoms with Crippen LogP contribution in [0.3, 0.4) is 0 Å². The SMILES string of the molecule is CC1CC(O)C(O)(C(=O)O)CC1C. The third kappa shape index (κ3) is 1.69. The van der Waals surface area contributed by atoms with Gasteiger partial charge in [0.15, 0.2) is 5.60 Å². The van der Waals surface area contributed by atoms with Gasteiger partial charge in [0.25, 0.3) is 0 Å². The Balaban J connectivity index is 2.82. The molecule has 0 aromatic rings. The lowest BCUT2D eigenvalue weighted by molar-refractivity contribution is -0.183. The van der Waals surface area contributed by atoms with Crippen molar-refractivity contribution in [3.05, 3.63) is 0 Å². The van der Waals surface area contributed by atoms with Crippen molar-refractivity contribution < 1.29 is 20.1 Å². The zero-order chi connectivity index (χ0) is 10.2. The Hall–Kier alpha value is -0.610. The van der Waals surface area contributed by atoms with Crippen molar-refractivity contribution >= 4 is 5.97 Å². The zero-order valence-electron chi connectivity index (χ0n) is 7.90. The van der Waals surface area contributed by atoms with Gasteiger partial charge >= 0.3 is 5.97 Å². The number of aliphatic carboxylic acids is 1. The molecule has 0 aliphatic heterocycles. The third-order valence-electron chi connectivity index (χ3n) is 3.12. The summed E-state index contributed by atoms with van der Waals surface area (Å²) in [5.41, 5.74) is -1.94. The topological polar surface area (TPSA) is 77.8 Å². The van der Waals surface area contributed by atoms with Gasteiger partial charge in [0.05, 0.1) is 6.10 Å². The Morgan fingerprint density at radius 2 is 1.92 bits per heavy atom. The van der Waals surface area contributed by atoms with Crippen LogP contribution in [0.4, 0.5) is 0 Å². The van der Waals surface area contributed by atoms with E-state index in [9.17, 15) is 15.0 Å². The van der Waals surface area contributed by atoms with E-state index in [1.54, 1.807) is 0 Å². The van der Waals surface area contributed by atoms with E-state index in [0.717, 1.165) is 0 Å². The van der Waals surface area contributed by atoms with Crippen molar-refractivity contribution in [1.29, 1.82) is 0 Å². The second-order valence-corrected chi connectivity index (χ2v) is 4.14. The van der Waals surface area contributed by atoms with Crippen LogP contribution in [-0.4, -0.2) is 33.0 Å². The van der Waals surface area contributed by atoms with Gasteiger partial charge in [0, 0.05) is 0 Å². The van der Waals surface area contributed by atoms with E-state index in [-0.39, 0.29) is 18.3 Å². The monoisotopic (exact) mass is 188 g/mol. The lowest BCUT2D eigenvalue weighted by Crippen LogP contribution is -2.54. The van der Waals surface area contributed by atoms with Crippen LogP contribution in [0.25, 0.3) is 0 Å². The van der Waals surface area contributed by atoms with Crippen LogP contribution in [0.1, 0.15) is 26.7 Å². The standard InChI is InChI=1S/C9H16O4/c1-5-3-7(10)9(13,8(11)12)4-6(5)2/h5-7,10,13H,3-4H2,1-2H3,(H,11,12). The van der Waals surface area contributed by atoms with Crippen molar-refractivity contribution in [2.24, 2.45) is 11.8 Å². The molecule has 13 heavy (non-hydrogen) atoms. The van der Waals surface area contributed by atoms with E-state index in [4.69, 9.17) is 5.11 Å². The molecule has 1 fully saturated rings. The smallest absolute Gasteiger partial charge is 0.338 e. The van der Waals surface area contributed by atoms with Gasteiger partial charge < -0.3 is 15.3 Å². The number of hydrogen-bond acceptors (Lipinski definition) is 3. The first-order chi connectivity index (χ1) is 5.88. The second-order valence-electron chi connectivity index (χ2n) is 4.14. The van der Waals surface area contributed by atoms with Crippen LogP contribution in [-0.2, 0) is 4.79 Å². The normalized spacial score (nSPS) is 46.0. The minimum Gasteiger partial charge on any atom is -0.479 e. The maximum absolute atomic E-state index is 10.7. The molecular weight excluding hydrogens is 172 g/mol. The molecule has 1 aliphatic carbocycles. The van der Waals surface area contributed by atoms with E-state index in [1.807, 2.05) is 13.8 Å². The molecule has 1 rings (SSSR count). The van der Waals surface area contributed by atoms with Crippen LogP contribution in [0, 0.1) is 11.8 Å². The molecule has 1 saturated carbocycles. The molecular formula is C9H16O4. The summed E-state index contributed by atoms with van der Waals surface area (Å²) in [6.07, 6.45) is -0.662. The van der Waals surface area contributed by atoms with Gasteiger partial charge in [-0.3, -0.25) is 0 Å². The Morgan fingerprint density at radius 3 is 2.38 bits per heavy atom. The first kappa shape index (κ1) is 10.5. The van der Waals surface area contributed by atoms with Gasteiger partial charge in [-0.2, -0.15) is 0 Å². The van der Waals surface area contributed by atoms with Crippen LogP contribution < -0.4 is 0 Å². The van der Waals surface area contributed by atoms with Crippen LogP contribution in [0.15, 0.2) is 0 Å². The predicted molar refractivity (Wildman–Crippen MR) is 46.2 cm³/mol. The third-order valence-corrected chi connectivity index (χ3v) is 3.12. The molecule has 4 heteroatoms. The van der Waals surface area contributed by atoms with E-state index >= 15 is 0 Å². The average Bonchev–Trinajstić information content (AvgIpc) is 2.01. The van der Waals surface area contributed by atoms with Gasteiger partial charge in [-0.1, -0.05) is 13.8 Å². The number of carbonyl (C=O) groups is 1. The van der Waals surface area contributed by atoms with E-state index in [1.165, 1.54) is 0 Å². The summed E-state index contributed by atoms with van der Waals surface area (Å²) in [5.74, 6) is -0.933. The van der Waals surface area contributed by atoms with Crippen LogP contribution in [0.2, 0.25) is 0 Å². The quantitative estimate of drug-likeness (QED) is 0.550. The molecule has 0 aromatic carbocycles. The summed E-state index contributed by atoms with van der Waals surface area (Å²) in [4.78, 5) is 10.7. The fraction of sp³-hybridized carbons (Fsp3) is 0.889. The summed E-state index contributed by atoms with van der Waals surface area (Å²) < 4.78 is 0. The minimum absolute atomic E-state index is 0.129. The molecule has 4 unspecified atom stereocenters. The highest BCUT2D eigenvalue weighted by atomic mass is 16.4. The Kier molecular flexibility index (Phi) is 2.63. The molecule has 1 aliphatic rings. The fourth-order valence-corrected chi connectivity index (χ4v) is 1.84.